The van der Waals surface area contributed by atoms with Gasteiger partial charge in [-0.15, -0.1) is 0 Å². The van der Waals surface area contributed by atoms with Crippen LogP contribution in [-0.2, 0) is 6.54 Å². The monoisotopic (exact) mass is 346 g/mol. The summed E-state index contributed by atoms with van der Waals surface area (Å²) in [7, 11) is 0. The SMILES string of the molecule is CCn1ncc(Br)c1C(NN)c1ccc2nccnc2c1. The lowest BCUT2D eigenvalue weighted by atomic mass is 10.0. The van der Waals surface area contributed by atoms with Crippen molar-refractivity contribution in [3.8, 4) is 0 Å². The number of rotatable bonds is 4. The van der Waals surface area contributed by atoms with Crippen molar-refractivity contribution < 1.29 is 0 Å². The molecule has 2 heterocycles. The average Bonchev–Trinajstić information content (AvgIpc) is 2.89. The van der Waals surface area contributed by atoms with Gasteiger partial charge in [-0.3, -0.25) is 20.5 Å². The van der Waals surface area contributed by atoms with Crippen molar-refractivity contribution in [2.45, 2.75) is 19.5 Å². The molecule has 0 spiro atoms. The molecule has 3 aromatic rings. The molecule has 108 valence electrons. The van der Waals surface area contributed by atoms with E-state index in [2.05, 4.69) is 36.4 Å². The number of nitrogens with zero attached hydrogens (tertiary/aromatic N) is 4. The van der Waals surface area contributed by atoms with Gasteiger partial charge in [0.25, 0.3) is 0 Å². The van der Waals surface area contributed by atoms with Crippen LogP contribution in [0.25, 0.3) is 11.0 Å². The predicted octanol–water partition coefficient (Wildman–Crippen LogP) is 2.16. The van der Waals surface area contributed by atoms with Gasteiger partial charge in [0.2, 0.25) is 0 Å². The molecular weight excluding hydrogens is 332 g/mol. The van der Waals surface area contributed by atoms with Gasteiger partial charge in [0.15, 0.2) is 0 Å². The van der Waals surface area contributed by atoms with E-state index < -0.39 is 0 Å². The zero-order valence-electron chi connectivity index (χ0n) is 11.5. The van der Waals surface area contributed by atoms with Crippen LogP contribution in [0.2, 0.25) is 0 Å². The number of hydrogen-bond acceptors (Lipinski definition) is 5. The number of hydrogen-bond donors (Lipinski definition) is 2. The van der Waals surface area contributed by atoms with Crippen LogP contribution in [0.1, 0.15) is 24.2 Å². The molecule has 1 aromatic carbocycles. The highest BCUT2D eigenvalue weighted by Gasteiger charge is 2.20. The summed E-state index contributed by atoms with van der Waals surface area (Å²) >= 11 is 3.54. The number of nitrogens with one attached hydrogen (secondary N) is 1. The van der Waals surface area contributed by atoms with Gasteiger partial charge in [-0.05, 0) is 40.5 Å². The first-order chi connectivity index (χ1) is 10.2. The van der Waals surface area contributed by atoms with Crippen LogP contribution in [-0.4, -0.2) is 19.7 Å². The zero-order chi connectivity index (χ0) is 14.8. The minimum atomic E-state index is -0.173. The van der Waals surface area contributed by atoms with Crippen molar-refractivity contribution in [1.29, 1.82) is 0 Å². The van der Waals surface area contributed by atoms with Gasteiger partial charge in [-0.2, -0.15) is 5.10 Å². The van der Waals surface area contributed by atoms with E-state index >= 15 is 0 Å². The first-order valence-corrected chi connectivity index (χ1v) is 7.42. The Hall–Kier alpha value is -1.83. The lowest BCUT2D eigenvalue weighted by Crippen LogP contribution is -2.31. The lowest BCUT2D eigenvalue weighted by molar-refractivity contribution is 0.542. The fraction of sp³-hybridized carbons (Fsp3) is 0.214. The van der Waals surface area contributed by atoms with Gasteiger partial charge < -0.3 is 0 Å². The fourth-order valence-electron chi connectivity index (χ4n) is 2.40. The topological polar surface area (TPSA) is 81.7 Å². The van der Waals surface area contributed by atoms with E-state index in [9.17, 15) is 0 Å². The molecule has 0 bridgehead atoms. The summed E-state index contributed by atoms with van der Waals surface area (Å²) in [5.41, 5.74) is 6.57. The van der Waals surface area contributed by atoms with Gasteiger partial charge in [0, 0.05) is 18.9 Å². The smallest absolute Gasteiger partial charge is 0.0890 e. The van der Waals surface area contributed by atoms with Crippen molar-refractivity contribution in [2.75, 3.05) is 0 Å². The van der Waals surface area contributed by atoms with Crippen molar-refractivity contribution in [1.82, 2.24) is 25.2 Å². The van der Waals surface area contributed by atoms with Crippen LogP contribution in [0.5, 0.6) is 0 Å². The normalized spacial score (nSPS) is 12.7. The summed E-state index contributed by atoms with van der Waals surface area (Å²) in [6.45, 7) is 2.81. The van der Waals surface area contributed by atoms with E-state index in [4.69, 9.17) is 5.84 Å². The quantitative estimate of drug-likeness (QED) is 0.558. The third-order valence-electron chi connectivity index (χ3n) is 3.40. The molecule has 3 rings (SSSR count). The highest BCUT2D eigenvalue weighted by molar-refractivity contribution is 9.10. The number of benzene rings is 1. The molecule has 0 saturated heterocycles. The summed E-state index contributed by atoms with van der Waals surface area (Å²) in [5, 5.41) is 4.34. The highest BCUT2D eigenvalue weighted by atomic mass is 79.9. The molecule has 1 atom stereocenters. The van der Waals surface area contributed by atoms with Crippen LogP contribution in [0.4, 0.5) is 0 Å². The van der Waals surface area contributed by atoms with Crippen molar-refractivity contribution in [3.05, 3.63) is 52.5 Å². The molecule has 2 aromatic heterocycles. The van der Waals surface area contributed by atoms with Crippen molar-refractivity contribution in [3.63, 3.8) is 0 Å². The maximum absolute atomic E-state index is 5.78. The second kappa shape index (κ2) is 5.88. The molecule has 7 heteroatoms. The zero-order valence-corrected chi connectivity index (χ0v) is 13.1. The summed E-state index contributed by atoms with van der Waals surface area (Å²) in [4.78, 5) is 8.62. The predicted molar refractivity (Wildman–Crippen MR) is 84.3 cm³/mol. The molecule has 0 saturated carbocycles. The third-order valence-corrected chi connectivity index (χ3v) is 4.01. The van der Waals surface area contributed by atoms with Gasteiger partial charge in [0.1, 0.15) is 0 Å². The van der Waals surface area contributed by atoms with Gasteiger partial charge in [-0.25, -0.2) is 5.43 Å². The molecule has 6 nitrogen and oxygen atoms in total. The molecule has 0 aliphatic rings. The van der Waals surface area contributed by atoms with Crippen LogP contribution in [0, 0.1) is 0 Å². The highest BCUT2D eigenvalue weighted by Crippen LogP contribution is 2.29. The second-order valence-electron chi connectivity index (χ2n) is 4.60. The summed E-state index contributed by atoms with van der Waals surface area (Å²) in [5.74, 6) is 5.78. The number of aromatic nitrogens is 4. The van der Waals surface area contributed by atoms with E-state index in [0.29, 0.717) is 0 Å². The Morgan fingerprint density at radius 1 is 1.29 bits per heavy atom. The van der Waals surface area contributed by atoms with Gasteiger partial charge >= 0.3 is 0 Å². The number of halogens is 1. The largest absolute Gasteiger partial charge is 0.271 e. The van der Waals surface area contributed by atoms with Crippen molar-refractivity contribution >= 4 is 27.0 Å². The van der Waals surface area contributed by atoms with E-state index in [-0.39, 0.29) is 6.04 Å². The number of nitrogens with two attached hydrogens (primary N) is 1. The Balaban J connectivity index is 2.11. The Labute approximate surface area is 130 Å². The van der Waals surface area contributed by atoms with Crippen molar-refractivity contribution in [2.24, 2.45) is 5.84 Å². The third kappa shape index (κ3) is 2.55. The standard InChI is InChI=1S/C14H15BrN6/c1-2-21-14(10(15)8-19-21)13(20-16)9-3-4-11-12(7-9)18-6-5-17-11/h3-8,13,20H,2,16H2,1H3. The van der Waals surface area contributed by atoms with Crippen LogP contribution >= 0.6 is 15.9 Å². The molecule has 0 amide bonds. The summed E-state index contributed by atoms with van der Waals surface area (Å²) < 4.78 is 2.83. The molecule has 0 aliphatic carbocycles. The molecule has 1 unspecified atom stereocenters. The van der Waals surface area contributed by atoms with E-state index in [0.717, 1.165) is 33.3 Å². The second-order valence-corrected chi connectivity index (χ2v) is 5.45. The maximum Gasteiger partial charge on any atom is 0.0890 e. The molecule has 3 N–H and O–H groups in total. The van der Waals surface area contributed by atoms with Crippen LogP contribution in [0.15, 0.2) is 41.3 Å². The fourth-order valence-corrected chi connectivity index (χ4v) is 2.93. The maximum atomic E-state index is 5.78. The summed E-state index contributed by atoms with van der Waals surface area (Å²) in [6, 6.07) is 5.77. The molecule has 0 fully saturated rings. The van der Waals surface area contributed by atoms with E-state index in [1.807, 2.05) is 29.8 Å². The Morgan fingerprint density at radius 2 is 2.05 bits per heavy atom. The minimum Gasteiger partial charge on any atom is -0.271 e. The Morgan fingerprint density at radius 3 is 2.76 bits per heavy atom. The Kier molecular flexibility index (Phi) is 3.96. The Bertz CT molecular complexity index is 769. The molecule has 0 aliphatic heterocycles. The number of hydrazine groups is 1. The van der Waals surface area contributed by atoms with Gasteiger partial charge in [0.05, 0.1) is 33.4 Å². The molecule has 0 radical (unpaired) electrons. The first-order valence-electron chi connectivity index (χ1n) is 6.62. The molecule has 21 heavy (non-hydrogen) atoms. The van der Waals surface area contributed by atoms with E-state index in [1.54, 1.807) is 18.6 Å². The lowest BCUT2D eigenvalue weighted by Gasteiger charge is -2.18. The number of fused-ring (bicyclic) bond motifs is 1. The number of aryl methyl sites for hydroxylation is 1. The van der Waals surface area contributed by atoms with E-state index in [1.165, 1.54) is 0 Å². The minimum absolute atomic E-state index is 0.173. The summed E-state index contributed by atoms with van der Waals surface area (Å²) in [6.07, 6.45) is 5.15. The molecular formula is C14H15BrN6. The average molecular weight is 347 g/mol. The van der Waals surface area contributed by atoms with Gasteiger partial charge in [-0.1, -0.05) is 6.07 Å². The van der Waals surface area contributed by atoms with Crippen LogP contribution < -0.4 is 11.3 Å². The first kappa shape index (κ1) is 14.1. The van der Waals surface area contributed by atoms with Crippen LogP contribution in [0.3, 0.4) is 0 Å².